The lowest BCUT2D eigenvalue weighted by Crippen LogP contribution is -2.10. The van der Waals surface area contributed by atoms with Crippen LogP contribution in [-0.4, -0.2) is 10.1 Å². The molecule has 0 aliphatic heterocycles. The fourth-order valence-corrected chi connectivity index (χ4v) is 2.07. The van der Waals surface area contributed by atoms with Gasteiger partial charge in [0.1, 0.15) is 0 Å². The van der Waals surface area contributed by atoms with E-state index < -0.39 is 0 Å². The first kappa shape index (κ1) is 14.7. The summed E-state index contributed by atoms with van der Waals surface area (Å²) in [6.45, 7) is 6.49. The lowest BCUT2D eigenvalue weighted by Gasteiger charge is -2.05. The van der Waals surface area contributed by atoms with Gasteiger partial charge in [0.25, 0.3) is 0 Å². The van der Waals surface area contributed by atoms with Gasteiger partial charge in [-0.05, 0) is 17.9 Å². The molecule has 108 valence electrons. The van der Waals surface area contributed by atoms with Crippen molar-refractivity contribution in [1.82, 2.24) is 10.1 Å². The number of nitrogens with two attached hydrogens (primary N) is 1. The molecule has 4 heteroatoms. The second-order valence-corrected chi connectivity index (χ2v) is 5.48. The largest absolute Gasteiger partial charge is 0.337 e. The predicted molar refractivity (Wildman–Crippen MR) is 80.3 cm³/mol. The fraction of sp³-hybridized carbons (Fsp3) is 0.500. The standard InChI is InChI=1S/C16H23N3O/c1-4-5-6-14(17)16-18-15(19-20-16)13-9-7-12(8-10-13)11(2)3/h7-11,14H,4-6,17H2,1-3H3/t14-/m0/s1. The maximum absolute atomic E-state index is 6.04. The molecule has 0 saturated heterocycles. The van der Waals surface area contributed by atoms with Gasteiger partial charge in [-0.15, -0.1) is 0 Å². The highest BCUT2D eigenvalue weighted by Gasteiger charge is 2.15. The van der Waals surface area contributed by atoms with Gasteiger partial charge >= 0.3 is 0 Å². The molecular formula is C16H23N3O. The molecule has 0 saturated carbocycles. The number of hydrogen-bond donors (Lipinski definition) is 1. The second-order valence-electron chi connectivity index (χ2n) is 5.48. The zero-order valence-corrected chi connectivity index (χ0v) is 12.5. The highest BCUT2D eigenvalue weighted by Crippen LogP contribution is 2.22. The Morgan fingerprint density at radius 2 is 1.90 bits per heavy atom. The predicted octanol–water partition coefficient (Wildman–Crippen LogP) is 4.05. The van der Waals surface area contributed by atoms with E-state index in [-0.39, 0.29) is 6.04 Å². The summed E-state index contributed by atoms with van der Waals surface area (Å²) in [6.07, 6.45) is 3.07. The molecule has 2 N–H and O–H groups in total. The Morgan fingerprint density at radius 3 is 2.50 bits per heavy atom. The minimum atomic E-state index is -0.161. The van der Waals surface area contributed by atoms with Gasteiger partial charge in [-0.2, -0.15) is 4.98 Å². The van der Waals surface area contributed by atoms with E-state index in [2.05, 4.69) is 43.0 Å². The third kappa shape index (κ3) is 3.45. The topological polar surface area (TPSA) is 64.9 Å². The van der Waals surface area contributed by atoms with Crippen LogP contribution in [0.25, 0.3) is 11.4 Å². The summed E-state index contributed by atoms with van der Waals surface area (Å²) in [6, 6.07) is 8.11. The lowest BCUT2D eigenvalue weighted by molar-refractivity contribution is 0.346. The van der Waals surface area contributed by atoms with E-state index in [1.165, 1.54) is 5.56 Å². The average molecular weight is 273 g/mol. The molecular weight excluding hydrogens is 250 g/mol. The number of nitrogens with zero attached hydrogens (tertiary/aromatic N) is 2. The van der Waals surface area contributed by atoms with Crippen LogP contribution in [0.3, 0.4) is 0 Å². The number of rotatable bonds is 6. The minimum absolute atomic E-state index is 0.161. The molecule has 1 heterocycles. The summed E-state index contributed by atoms with van der Waals surface area (Å²) in [7, 11) is 0. The van der Waals surface area contributed by atoms with Crippen LogP contribution in [-0.2, 0) is 0 Å². The van der Waals surface area contributed by atoms with Crippen molar-refractivity contribution in [2.24, 2.45) is 5.73 Å². The maximum atomic E-state index is 6.04. The average Bonchev–Trinajstić information content (AvgIpc) is 2.94. The molecule has 1 aromatic heterocycles. The van der Waals surface area contributed by atoms with Crippen LogP contribution < -0.4 is 5.73 Å². The minimum Gasteiger partial charge on any atom is -0.337 e. The van der Waals surface area contributed by atoms with Crippen LogP contribution in [0, 0.1) is 0 Å². The van der Waals surface area contributed by atoms with E-state index in [4.69, 9.17) is 10.3 Å². The van der Waals surface area contributed by atoms with E-state index in [1.807, 2.05) is 12.1 Å². The molecule has 0 unspecified atom stereocenters. The molecule has 0 amide bonds. The first-order valence-corrected chi connectivity index (χ1v) is 7.31. The smallest absolute Gasteiger partial charge is 0.243 e. The van der Waals surface area contributed by atoms with E-state index in [1.54, 1.807) is 0 Å². The van der Waals surface area contributed by atoms with Crippen LogP contribution >= 0.6 is 0 Å². The Kier molecular flexibility index (Phi) is 4.90. The van der Waals surface area contributed by atoms with Crippen molar-refractivity contribution in [3.05, 3.63) is 35.7 Å². The van der Waals surface area contributed by atoms with E-state index in [0.29, 0.717) is 17.6 Å². The Hall–Kier alpha value is -1.68. The van der Waals surface area contributed by atoms with Crippen LogP contribution in [0.5, 0.6) is 0 Å². The Balaban J connectivity index is 2.11. The van der Waals surface area contributed by atoms with Gasteiger partial charge in [0.2, 0.25) is 11.7 Å². The van der Waals surface area contributed by atoms with Crippen molar-refractivity contribution in [2.75, 3.05) is 0 Å². The van der Waals surface area contributed by atoms with Crippen LogP contribution in [0.4, 0.5) is 0 Å². The lowest BCUT2D eigenvalue weighted by atomic mass is 10.0. The van der Waals surface area contributed by atoms with Gasteiger partial charge in [-0.3, -0.25) is 0 Å². The molecule has 0 aliphatic carbocycles. The number of hydrogen-bond acceptors (Lipinski definition) is 4. The van der Waals surface area contributed by atoms with Crippen molar-refractivity contribution < 1.29 is 4.52 Å². The molecule has 2 aromatic rings. The van der Waals surface area contributed by atoms with Crippen molar-refractivity contribution in [3.63, 3.8) is 0 Å². The molecule has 2 rings (SSSR count). The van der Waals surface area contributed by atoms with Crippen LogP contribution in [0.1, 0.15) is 63.4 Å². The monoisotopic (exact) mass is 273 g/mol. The van der Waals surface area contributed by atoms with Crippen molar-refractivity contribution in [2.45, 2.75) is 52.0 Å². The zero-order chi connectivity index (χ0) is 14.5. The number of aromatic nitrogens is 2. The van der Waals surface area contributed by atoms with Gasteiger partial charge in [0, 0.05) is 5.56 Å². The van der Waals surface area contributed by atoms with E-state index >= 15 is 0 Å². The Bertz CT molecular complexity index is 531. The van der Waals surface area contributed by atoms with Crippen molar-refractivity contribution in [1.29, 1.82) is 0 Å². The molecule has 1 atom stereocenters. The molecule has 0 fully saturated rings. The van der Waals surface area contributed by atoms with Gasteiger partial charge < -0.3 is 10.3 Å². The first-order chi connectivity index (χ1) is 9.61. The second kappa shape index (κ2) is 6.66. The summed E-state index contributed by atoms with van der Waals surface area (Å²) in [5, 5.41) is 4.02. The number of benzene rings is 1. The quantitative estimate of drug-likeness (QED) is 0.862. The third-order valence-electron chi connectivity index (χ3n) is 3.46. The van der Waals surface area contributed by atoms with Gasteiger partial charge in [-0.25, -0.2) is 0 Å². The summed E-state index contributed by atoms with van der Waals surface area (Å²) < 4.78 is 5.27. The highest BCUT2D eigenvalue weighted by atomic mass is 16.5. The molecule has 0 aliphatic rings. The first-order valence-electron chi connectivity index (χ1n) is 7.31. The summed E-state index contributed by atoms with van der Waals surface area (Å²) >= 11 is 0. The normalized spacial score (nSPS) is 12.8. The van der Waals surface area contributed by atoms with E-state index in [0.717, 1.165) is 24.8 Å². The Morgan fingerprint density at radius 1 is 1.20 bits per heavy atom. The van der Waals surface area contributed by atoms with Crippen molar-refractivity contribution >= 4 is 0 Å². The van der Waals surface area contributed by atoms with Crippen LogP contribution in [0.15, 0.2) is 28.8 Å². The highest BCUT2D eigenvalue weighted by molar-refractivity contribution is 5.54. The third-order valence-corrected chi connectivity index (χ3v) is 3.46. The molecule has 1 aromatic carbocycles. The summed E-state index contributed by atoms with van der Waals surface area (Å²) in [5.41, 5.74) is 8.31. The number of unbranched alkanes of at least 4 members (excludes halogenated alkanes) is 1. The Labute approximate surface area is 120 Å². The van der Waals surface area contributed by atoms with Crippen LogP contribution in [0.2, 0.25) is 0 Å². The van der Waals surface area contributed by atoms with Gasteiger partial charge in [-0.1, -0.05) is 63.0 Å². The maximum Gasteiger partial charge on any atom is 0.243 e. The van der Waals surface area contributed by atoms with Gasteiger partial charge in [0.15, 0.2) is 0 Å². The molecule has 20 heavy (non-hydrogen) atoms. The fourth-order valence-electron chi connectivity index (χ4n) is 2.07. The summed E-state index contributed by atoms with van der Waals surface area (Å²) in [5.74, 6) is 1.66. The van der Waals surface area contributed by atoms with Gasteiger partial charge in [0.05, 0.1) is 6.04 Å². The molecule has 4 nitrogen and oxygen atoms in total. The zero-order valence-electron chi connectivity index (χ0n) is 12.5. The molecule has 0 radical (unpaired) electrons. The van der Waals surface area contributed by atoms with Crippen molar-refractivity contribution in [3.8, 4) is 11.4 Å². The SMILES string of the molecule is CCCC[C@H](N)c1nc(-c2ccc(C(C)C)cc2)no1. The molecule has 0 bridgehead atoms. The van der Waals surface area contributed by atoms with E-state index in [9.17, 15) is 0 Å². The molecule has 0 spiro atoms. The summed E-state index contributed by atoms with van der Waals surface area (Å²) in [4.78, 5) is 4.41.